The third kappa shape index (κ3) is 3.84. The van der Waals surface area contributed by atoms with Gasteiger partial charge in [-0.25, -0.2) is 8.78 Å². The quantitative estimate of drug-likeness (QED) is 0.828. The maximum atomic E-state index is 13.9. The van der Waals surface area contributed by atoms with E-state index in [-0.39, 0.29) is 17.5 Å². The SMILES string of the molecule is COc1cc(NC(C)Cc2ccc(F)cc2)c(F)cc1N. The maximum absolute atomic E-state index is 13.9. The van der Waals surface area contributed by atoms with E-state index in [2.05, 4.69) is 5.32 Å². The van der Waals surface area contributed by atoms with Gasteiger partial charge in [-0.05, 0) is 31.0 Å². The lowest BCUT2D eigenvalue weighted by atomic mass is 10.1. The molecule has 2 aromatic carbocycles. The number of nitrogens with two attached hydrogens (primary N) is 1. The largest absolute Gasteiger partial charge is 0.495 e. The number of rotatable bonds is 5. The average Bonchev–Trinajstić information content (AvgIpc) is 2.44. The van der Waals surface area contributed by atoms with Gasteiger partial charge < -0.3 is 15.8 Å². The van der Waals surface area contributed by atoms with Crippen LogP contribution in [0.3, 0.4) is 0 Å². The average molecular weight is 292 g/mol. The molecule has 1 unspecified atom stereocenters. The molecule has 0 heterocycles. The van der Waals surface area contributed by atoms with Gasteiger partial charge in [-0.15, -0.1) is 0 Å². The second-order valence-corrected chi connectivity index (χ2v) is 4.95. The standard InChI is InChI=1S/C16H18F2N2O/c1-10(7-11-3-5-12(17)6-4-11)20-15-9-16(21-2)14(19)8-13(15)18/h3-6,8-10,20H,7,19H2,1-2H3. The summed E-state index contributed by atoms with van der Waals surface area (Å²) >= 11 is 0. The van der Waals surface area contributed by atoms with Gasteiger partial charge in [0.1, 0.15) is 17.4 Å². The highest BCUT2D eigenvalue weighted by molar-refractivity contribution is 5.62. The van der Waals surface area contributed by atoms with Crippen LogP contribution in [0.2, 0.25) is 0 Å². The summed E-state index contributed by atoms with van der Waals surface area (Å²) in [5.41, 5.74) is 7.20. The zero-order valence-corrected chi connectivity index (χ0v) is 12.0. The molecule has 0 aliphatic heterocycles. The van der Waals surface area contributed by atoms with Crippen molar-refractivity contribution in [1.82, 2.24) is 0 Å². The smallest absolute Gasteiger partial charge is 0.148 e. The molecule has 2 aromatic rings. The van der Waals surface area contributed by atoms with Crippen LogP contribution in [-0.4, -0.2) is 13.2 Å². The lowest BCUT2D eigenvalue weighted by Crippen LogP contribution is -2.19. The van der Waals surface area contributed by atoms with Crippen LogP contribution in [0.15, 0.2) is 36.4 Å². The lowest BCUT2D eigenvalue weighted by Gasteiger charge is -2.17. The van der Waals surface area contributed by atoms with Crippen molar-refractivity contribution in [2.45, 2.75) is 19.4 Å². The molecule has 0 saturated heterocycles. The first-order chi connectivity index (χ1) is 9.99. The fourth-order valence-electron chi connectivity index (χ4n) is 2.15. The van der Waals surface area contributed by atoms with E-state index in [0.29, 0.717) is 17.9 Å². The number of nitrogen functional groups attached to an aromatic ring is 1. The summed E-state index contributed by atoms with van der Waals surface area (Å²) in [5, 5.41) is 3.07. The highest BCUT2D eigenvalue weighted by Crippen LogP contribution is 2.28. The Labute approximate surface area is 122 Å². The van der Waals surface area contributed by atoms with Gasteiger partial charge in [-0.1, -0.05) is 12.1 Å². The molecular formula is C16H18F2N2O. The summed E-state index contributed by atoms with van der Waals surface area (Å²) in [4.78, 5) is 0. The minimum Gasteiger partial charge on any atom is -0.495 e. The monoisotopic (exact) mass is 292 g/mol. The van der Waals surface area contributed by atoms with Crippen molar-refractivity contribution in [2.75, 3.05) is 18.2 Å². The Bertz CT molecular complexity index is 614. The molecule has 0 bridgehead atoms. The molecule has 0 spiro atoms. The predicted octanol–water partition coefficient (Wildman–Crippen LogP) is 3.60. The Morgan fingerprint density at radius 2 is 1.86 bits per heavy atom. The zero-order chi connectivity index (χ0) is 15.4. The minimum atomic E-state index is -0.431. The Hall–Kier alpha value is -2.30. The van der Waals surface area contributed by atoms with Crippen molar-refractivity contribution >= 4 is 11.4 Å². The fourth-order valence-corrected chi connectivity index (χ4v) is 2.15. The Kier molecular flexibility index (Phi) is 4.62. The molecule has 0 aliphatic carbocycles. The Balaban J connectivity index is 2.08. The number of anilines is 2. The van der Waals surface area contributed by atoms with Crippen molar-refractivity contribution in [3.05, 3.63) is 53.6 Å². The molecule has 3 nitrogen and oxygen atoms in total. The summed E-state index contributed by atoms with van der Waals surface area (Å²) < 4.78 is 31.8. The fraction of sp³-hybridized carbons (Fsp3) is 0.250. The van der Waals surface area contributed by atoms with Crippen LogP contribution in [0.1, 0.15) is 12.5 Å². The number of methoxy groups -OCH3 is 1. The summed E-state index contributed by atoms with van der Waals surface area (Å²) in [6.45, 7) is 1.92. The van der Waals surface area contributed by atoms with Crippen molar-refractivity contribution in [3.8, 4) is 5.75 Å². The molecular weight excluding hydrogens is 274 g/mol. The highest BCUT2D eigenvalue weighted by atomic mass is 19.1. The van der Waals surface area contributed by atoms with E-state index in [1.54, 1.807) is 12.1 Å². The van der Waals surface area contributed by atoms with E-state index in [1.165, 1.54) is 31.4 Å². The summed E-state index contributed by atoms with van der Waals surface area (Å²) in [7, 11) is 1.48. The van der Waals surface area contributed by atoms with Gasteiger partial charge in [-0.3, -0.25) is 0 Å². The molecule has 3 N–H and O–H groups in total. The molecule has 0 saturated carbocycles. The van der Waals surface area contributed by atoms with Crippen molar-refractivity contribution in [2.24, 2.45) is 0 Å². The van der Waals surface area contributed by atoms with Gasteiger partial charge in [0, 0.05) is 18.2 Å². The lowest BCUT2D eigenvalue weighted by molar-refractivity contribution is 0.416. The van der Waals surface area contributed by atoms with Crippen LogP contribution in [-0.2, 0) is 6.42 Å². The normalized spacial score (nSPS) is 12.0. The van der Waals surface area contributed by atoms with Gasteiger partial charge in [-0.2, -0.15) is 0 Å². The number of hydrogen-bond donors (Lipinski definition) is 2. The van der Waals surface area contributed by atoms with E-state index in [1.807, 2.05) is 6.92 Å². The third-order valence-corrected chi connectivity index (χ3v) is 3.18. The van der Waals surface area contributed by atoms with E-state index in [9.17, 15) is 8.78 Å². The Morgan fingerprint density at radius 3 is 2.48 bits per heavy atom. The van der Waals surface area contributed by atoms with Crippen LogP contribution in [0.5, 0.6) is 5.75 Å². The van der Waals surface area contributed by atoms with Gasteiger partial charge in [0.2, 0.25) is 0 Å². The van der Waals surface area contributed by atoms with Crippen LogP contribution >= 0.6 is 0 Å². The van der Waals surface area contributed by atoms with E-state index >= 15 is 0 Å². The van der Waals surface area contributed by atoms with Gasteiger partial charge >= 0.3 is 0 Å². The number of halogens is 2. The van der Waals surface area contributed by atoms with Crippen molar-refractivity contribution < 1.29 is 13.5 Å². The third-order valence-electron chi connectivity index (χ3n) is 3.18. The number of hydrogen-bond acceptors (Lipinski definition) is 3. The molecule has 2 rings (SSSR count). The first-order valence-corrected chi connectivity index (χ1v) is 6.63. The summed E-state index contributed by atoms with van der Waals surface area (Å²) in [6, 6.07) is 8.99. The van der Waals surface area contributed by atoms with E-state index < -0.39 is 5.82 Å². The summed E-state index contributed by atoms with van der Waals surface area (Å²) in [6.07, 6.45) is 0.645. The van der Waals surface area contributed by atoms with Crippen LogP contribution in [0, 0.1) is 11.6 Å². The molecule has 0 radical (unpaired) electrons. The topological polar surface area (TPSA) is 47.3 Å². The van der Waals surface area contributed by atoms with E-state index in [4.69, 9.17) is 10.5 Å². The van der Waals surface area contributed by atoms with Crippen LogP contribution in [0.25, 0.3) is 0 Å². The first kappa shape index (κ1) is 15.1. The van der Waals surface area contributed by atoms with Gasteiger partial charge in [0.25, 0.3) is 0 Å². The number of nitrogens with one attached hydrogen (secondary N) is 1. The van der Waals surface area contributed by atoms with Crippen molar-refractivity contribution in [3.63, 3.8) is 0 Å². The molecule has 1 atom stereocenters. The predicted molar refractivity (Wildman–Crippen MR) is 80.6 cm³/mol. The summed E-state index contributed by atoms with van der Waals surface area (Å²) in [5.74, 6) is -0.277. The zero-order valence-electron chi connectivity index (χ0n) is 12.0. The maximum Gasteiger partial charge on any atom is 0.148 e. The number of ether oxygens (including phenoxy) is 1. The molecule has 0 aliphatic rings. The number of benzene rings is 2. The molecule has 5 heteroatoms. The van der Waals surface area contributed by atoms with E-state index in [0.717, 1.165) is 5.56 Å². The van der Waals surface area contributed by atoms with Crippen LogP contribution < -0.4 is 15.8 Å². The van der Waals surface area contributed by atoms with Crippen molar-refractivity contribution in [1.29, 1.82) is 0 Å². The second-order valence-electron chi connectivity index (χ2n) is 4.95. The molecule has 21 heavy (non-hydrogen) atoms. The highest BCUT2D eigenvalue weighted by Gasteiger charge is 2.11. The first-order valence-electron chi connectivity index (χ1n) is 6.63. The second kappa shape index (κ2) is 6.43. The molecule has 0 amide bonds. The minimum absolute atomic E-state index is 0.0294. The van der Waals surface area contributed by atoms with Gasteiger partial charge in [0.05, 0.1) is 18.5 Å². The molecule has 0 fully saturated rings. The van der Waals surface area contributed by atoms with Gasteiger partial charge in [0.15, 0.2) is 0 Å². The molecule has 112 valence electrons. The Morgan fingerprint density at radius 1 is 1.19 bits per heavy atom. The van der Waals surface area contributed by atoms with Crippen LogP contribution in [0.4, 0.5) is 20.2 Å². The molecule has 0 aromatic heterocycles.